The molecule has 4 nitrogen and oxygen atoms in total. The molecule has 1 aliphatic rings. The smallest absolute Gasteiger partial charge is 0.311 e. The second kappa shape index (κ2) is 5.88. The zero-order chi connectivity index (χ0) is 16.6. The van der Waals surface area contributed by atoms with Crippen LogP contribution >= 0.6 is 0 Å². The molecule has 0 spiro atoms. The maximum Gasteiger partial charge on any atom is 0.311 e. The third kappa shape index (κ3) is 2.72. The van der Waals surface area contributed by atoms with Gasteiger partial charge >= 0.3 is 5.97 Å². The fourth-order valence-corrected chi connectivity index (χ4v) is 3.23. The molecule has 118 valence electrons. The average Bonchev–Trinajstić information content (AvgIpc) is 2.53. The van der Waals surface area contributed by atoms with Crippen LogP contribution in [0.2, 0.25) is 0 Å². The van der Waals surface area contributed by atoms with E-state index in [1.807, 2.05) is 50.2 Å². The largest absolute Gasteiger partial charge is 0.481 e. The van der Waals surface area contributed by atoms with Crippen molar-refractivity contribution in [2.75, 3.05) is 11.4 Å². The van der Waals surface area contributed by atoms with Crippen LogP contribution in [0.5, 0.6) is 0 Å². The molecule has 1 aliphatic heterocycles. The van der Waals surface area contributed by atoms with E-state index >= 15 is 0 Å². The molecule has 0 radical (unpaired) electrons. The predicted octanol–water partition coefficient (Wildman–Crippen LogP) is 3.52. The minimum Gasteiger partial charge on any atom is -0.481 e. The molecule has 2 aromatic carbocycles. The zero-order valence-electron chi connectivity index (χ0n) is 13.2. The summed E-state index contributed by atoms with van der Waals surface area (Å²) in [6.07, 6.45) is 0.434. The molecule has 2 aromatic rings. The lowest BCUT2D eigenvalue weighted by molar-refractivity contribution is -0.139. The highest BCUT2D eigenvalue weighted by atomic mass is 16.4. The number of nitrogens with zero attached hydrogens (tertiary/aromatic N) is 1. The van der Waals surface area contributed by atoms with Crippen LogP contribution in [-0.4, -0.2) is 23.5 Å². The van der Waals surface area contributed by atoms with Gasteiger partial charge in [0, 0.05) is 17.8 Å². The first-order valence-corrected chi connectivity index (χ1v) is 7.70. The van der Waals surface area contributed by atoms with Gasteiger partial charge in [-0.25, -0.2) is 0 Å². The first-order chi connectivity index (χ1) is 11.0. The van der Waals surface area contributed by atoms with Gasteiger partial charge in [-0.3, -0.25) is 9.59 Å². The van der Waals surface area contributed by atoms with Crippen molar-refractivity contribution in [3.05, 3.63) is 64.7 Å². The third-order valence-electron chi connectivity index (χ3n) is 4.40. The Bertz CT molecular complexity index is 782. The lowest BCUT2D eigenvalue weighted by Crippen LogP contribution is -2.38. The SMILES string of the molecule is Cc1ccc(C(=O)N2CCC(C(=O)O)c3ccccc32)c(C)c1. The number of hydrogen-bond donors (Lipinski definition) is 1. The number of rotatable bonds is 2. The van der Waals surface area contributed by atoms with Gasteiger partial charge in [0.2, 0.25) is 0 Å². The van der Waals surface area contributed by atoms with Crippen LogP contribution < -0.4 is 4.90 Å². The molecule has 0 bridgehead atoms. The lowest BCUT2D eigenvalue weighted by Gasteiger charge is -2.33. The Morgan fingerprint density at radius 2 is 1.87 bits per heavy atom. The van der Waals surface area contributed by atoms with E-state index in [1.54, 1.807) is 11.0 Å². The number of amides is 1. The Morgan fingerprint density at radius 3 is 2.57 bits per heavy atom. The first-order valence-electron chi connectivity index (χ1n) is 7.70. The van der Waals surface area contributed by atoms with Gasteiger partial charge in [0.25, 0.3) is 5.91 Å². The van der Waals surface area contributed by atoms with Gasteiger partial charge in [0.05, 0.1) is 5.92 Å². The van der Waals surface area contributed by atoms with E-state index in [2.05, 4.69) is 0 Å². The normalized spacial score (nSPS) is 16.8. The third-order valence-corrected chi connectivity index (χ3v) is 4.40. The van der Waals surface area contributed by atoms with Gasteiger partial charge in [0.1, 0.15) is 0 Å². The number of para-hydroxylation sites is 1. The summed E-state index contributed by atoms with van der Waals surface area (Å²) in [5.74, 6) is -1.45. The molecule has 0 aliphatic carbocycles. The van der Waals surface area contributed by atoms with E-state index in [9.17, 15) is 14.7 Å². The number of aryl methyl sites for hydroxylation is 2. The summed E-state index contributed by atoms with van der Waals surface area (Å²) in [4.78, 5) is 26.1. The van der Waals surface area contributed by atoms with Crippen molar-refractivity contribution in [1.29, 1.82) is 0 Å². The summed E-state index contributed by atoms with van der Waals surface area (Å²) in [7, 11) is 0. The monoisotopic (exact) mass is 309 g/mol. The molecule has 1 amide bonds. The summed E-state index contributed by atoms with van der Waals surface area (Å²) >= 11 is 0. The summed E-state index contributed by atoms with van der Waals surface area (Å²) < 4.78 is 0. The van der Waals surface area contributed by atoms with Crippen molar-refractivity contribution in [3.8, 4) is 0 Å². The lowest BCUT2D eigenvalue weighted by atomic mass is 9.89. The number of carbonyl (C=O) groups excluding carboxylic acids is 1. The van der Waals surface area contributed by atoms with Gasteiger partial charge in [-0.15, -0.1) is 0 Å². The molecule has 23 heavy (non-hydrogen) atoms. The molecule has 1 heterocycles. The van der Waals surface area contributed by atoms with Crippen molar-refractivity contribution in [2.45, 2.75) is 26.2 Å². The van der Waals surface area contributed by atoms with E-state index in [1.165, 1.54) is 0 Å². The number of carbonyl (C=O) groups is 2. The van der Waals surface area contributed by atoms with Gasteiger partial charge in [-0.1, -0.05) is 35.9 Å². The first kappa shape index (κ1) is 15.3. The Labute approximate surface area is 135 Å². The van der Waals surface area contributed by atoms with E-state index in [0.717, 1.165) is 11.1 Å². The number of carboxylic acid groups (broad SMARTS) is 1. The molecule has 1 atom stereocenters. The maximum absolute atomic E-state index is 12.9. The number of carboxylic acids is 1. The minimum atomic E-state index is -0.837. The van der Waals surface area contributed by atoms with Gasteiger partial charge in [-0.05, 0) is 43.5 Å². The van der Waals surface area contributed by atoms with Crippen molar-refractivity contribution >= 4 is 17.6 Å². The van der Waals surface area contributed by atoms with Gasteiger partial charge < -0.3 is 10.0 Å². The number of anilines is 1. The highest BCUT2D eigenvalue weighted by molar-refractivity contribution is 6.08. The molecule has 4 heteroatoms. The van der Waals surface area contributed by atoms with Crippen LogP contribution in [0.25, 0.3) is 0 Å². The number of benzene rings is 2. The Hall–Kier alpha value is -2.62. The highest BCUT2D eigenvalue weighted by Crippen LogP contribution is 2.36. The standard InChI is InChI=1S/C19H19NO3/c1-12-7-8-14(13(2)11-12)18(21)20-10-9-16(19(22)23)15-5-3-4-6-17(15)20/h3-8,11,16H,9-10H2,1-2H3,(H,22,23). The van der Waals surface area contributed by atoms with Crippen LogP contribution in [0.1, 0.15) is 39.4 Å². The topological polar surface area (TPSA) is 57.6 Å². The zero-order valence-corrected chi connectivity index (χ0v) is 13.2. The van der Waals surface area contributed by atoms with Gasteiger partial charge in [0.15, 0.2) is 0 Å². The summed E-state index contributed by atoms with van der Waals surface area (Å²) in [5.41, 5.74) is 4.14. The molecular formula is C19H19NO3. The molecule has 3 rings (SSSR count). The van der Waals surface area contributed by atoms with E-state index in [0.29, 0.717) is 29.8 Å². The van der Waals surface area contributed by atoms with Crippen LogP contribution in [0, 0.1) is 13.8 Å². The maximum atomic E-state index is 12.9. The fourth-order valence-electron chi connectivity index (χ4n) is 3.23. The van der Waals surface area contributed by atoms with Crippen molar-refractivity contribution in [3.63, 3.8) is 0 Å². The van der Waals surface area contributed by atoms with E-state index < -0.39 is 11.9 Å². The predicted molar refractivity (Wildman–Crippen MR) is 89.0 cm³/mol. The molecule has 0 saturated heterocycles. The van der Waals surface area contributed by atoms with E-state index in [-0.39, 0.29) is 5.91 Å². The van der Waals surface area contributed by atoms with Crippen LogP contribution in [0.15, 0.2) is 42.5 Å². The van der Waals surface area contributed by atoms with Crippen molar-refractivity contribution in [2.24, 2.45) is 0 Å². The second-order valence-corrected chi connectivity index (χ2v) is 6.01. The van der Waals surface area contributed by atoms with E-state index in [4.69, 9.17) is 0 Å². The minimum absolute atomic E-state index is 0.0706. The van der Waals surface area contributed by atoms with Crippen LogP contribution in [-0.2, 0) is 4.79 Å². The molecule has 0 fully saturated rings. The quantitative estimate of drug-likeness (QED) is 0.923. The molecule has 1 N–H and O–H groups in total. The molecule has 0 aromatic heterocycles. The second-order valence-electron chi connectivity index (χ2n) is 6.01. The summed E-state index contributed by atoms with van der Waals surface area (Å²) in [5, 5.41) is 9.40. The Morgan fingerprint density at radius 1 is 1.13 bits per heavy atom. The molecule has 0 saturated carbocycles. The van der Waals surface area contributed by atoms with Crippen LogP contribution in [0.3, 0.4) is 0 Å². The summed E-state index contributed by atoms with van der Waals surface area (Å²) in [6, 6.07) is 13.0. The molecular weight excluding hydrogens is 290 g/mol. The van der Waals surface area contributed by atoms with Crippen LogP contribution in [0.4, 0.5) is 5.69 Å². The molecule has 1 unspecified atom stereocenters. The van der Waals surface area contributed by atoms with Crippen molar-refractivity contribution in [1.82, 2.24) is 0 Å². The fraction of sp³-hybridized carbons (Fsp3) is 0.263. The van der Waals surface area contributed by atoms with Crippen molar-refractivity contribution < 1.29 is 14.7 Å². The average molecular weight is 309 g/mol. The van der Waals surface area contributed by atoms with Gasteiger partial charge in [-0.2, -0.15) is 0 Å². The Kier molecular flexibility index (Phi) is 3.90. The summed E-state index contributed by atoms with van der Waals surface area (Å²) in [6.45, 7) is 4.34. The number of aliphatic carboxylic acids is 1. The number of fused-ring (bicyclic) bond motifs is 1. The highest BCUT2D eigenvalue weighted by Gasteiger charge is 2.32. The number of hydrogen-bond acceptors (Lipinski definition) is 2. The Balaban J connectivity index is 2.02.